The van der Waals surface area contributed by atoms with Crippen LogP contribution in [0, 0.1) is 0 Å². The van der Waals surface area contributed by atoms with E-state index in [-0.39, 0.29) is 28.3 Å². The van der Waals surface area contributed by atoms with Crippen molar-refractivity contribution in [2.75, 3.05) is 7.11 Å². The zero-order valence-electron chi connectivity index (χ0n) is 15.5. The molecule has 2 aromatic rings. The number of benzene rings is 1. The molecule has 1 aliphatic heterocycles. The van der Waals surface area contributed by atoms with Gasteiger partial charge in [-0.15, -0.1) is 0 Å². The second-order valence-electron chi connectivity index (χ2n) is 6.09. The van der Waals surface area contributed by atoms with Crippen molar-refractivity contribution in [2.45, 2.75) is 18.4 Å². The molecule has 2 heterocycles. The summed E-state index contributed by atoms with van der Waals surface area (Å²) in [7, 11) is -2.52. The standard InChI is InChI=1S/C19H17ClN2O6S/c1-11-17(19(24)27-2)16(18(23)22-11)9-13-5-6-14(28-13)10-21-29(25,26)15-7-3-12(20)4-8-15/h3-9,21H,10H2,1-2H3,(H,22,23). The van der Waals surface area contributed by atoms with Crippen LogP contribution in [0.1, 0.15) is 18.4 Å². The summed E-state index contributed by atoms with van der Waals surface area (Å²) in [6.07, 6.45) is 1.40. The predicted molar refractivity (Wildman–Crippen MR) is 105 cm³/mol. The molecule has 29 heavy (non-hydrogen) atoms. The zero-order valence-corrected chi connectivity index (χ0v) is 17.1. The van der Waals surface area contributed by atoms with E-state index in [1.165, 1.54) is 37.5 Å². The fourth-order valence-corrected chi connectivity index (χ4v) is 3.81. The van der Waals surface area contributed by atoms with E-state index in [0.29, 0.717) is 16.5 Å². The quantitative estimate of drug-likeness (QED) is 0.530. The summed E-state index contributed by atoms with van der Waals surface area (Å²) in [5.41, 5.74) is 0.617. The predicted octanol–water partition coefficient (Wildman–Crippen LogP) is 2.37. The molecule has 10 heteroatoms. The van der Waals surface area contributed by atoms with E-state index in [9.17, 15) is 18.0 Å². The molecule has 0 unspecified atom stereocenters. The van der Waals surface area contributed by atoms with Gasteiger partial charge >= 0.3 is 5.97 Å². The van der Waals surface area contributed by atoms with Crippen LogP contribution >= 0.6 is 11.6 Å². The molecular formula is C19H17ClN2O6S. The summed E-state index contributed by atoms with van der Waals surface area (Å²) < 4.78 is 37.3. The van der Waals surface area contributed by atoms with Crippen molar-refractivity contribution in [3.05, 3.63) is 69.8 Å². The van der Waals surface area contributed by atoms with Gasteiger partial charge < -0.3 is 14.5 Å². The van der Waals surface area contributed by atoms with E-state index in [1.807, 2.05) is 0 Å². The van der Waals surface area contributed by atoms with Crippen LogP contribution in [0.2, 0.25) is 5.02 Å². The van der Waals surface area contributed by atoms with Gasteiger partial charge in [0, 0.05) is 10.7 Å². The van der Waals surface area contributed by atoms with Crippen molar-refractivity contribution in [2.24, 2.45) is 0 Å². The van der Waals surface area contributed by atoms with E-state index < -0.39 is 21.9 Å². The highest BCUT2D eigenvalue weighted by Crippen LogP contribution is 2.25. The van der Waals surface area contributed by atoms with Gasteiger partial charge in [-0.2, -0.15) is 0 Å². The smallest absolute Gasteiger partial charge is 0.340 e. The summed E-state index contributed by atoms with van der Waals surface area (Å²) in [5, 5.41) is 2.99. The first kappa shape index (κ1) is 20.8. The van der Waals surface area contributed by atoms with Crippen LogP contribution < -0.4 is 10.0 Å². The SMILES string of the molecule is COC(=O)C1=C(C)NC(=O)C1=Cc1ccc(CNS(=O)(=O)c2ccc(Cl)cc2)o1. The third kappa shape index (κ3) is 4.58. The summed E-state index contributed by atoms with van der Waals surface area (Å²) in [6.45, 7) is 1.49. The van der Waals surface area contributed by atoms with Crippen LogP contribution in [0.15, 0.2) is 62.6 Å². The first-order valence-corrected chi connectivity index (χ1v) is 10.2. The molecule has 0 atom stereocenters. The lowest BCUT2D eigenvalue weighted by Gasteiger charge is -2.05. The Kier molecular flexibility index (Phi) is 5.92. The molecule has 0 spiro atoms. The highest BCUT2D eigenvalue weighted by atomic mass is 35.5. The first-order valence-electron chi connectivity index (χ1n) is 8.38. The molecule has 1 aromatic carbocycles. The number of rotatable bonds is 6. The van der Waals surface area contributed by atoms with Gasteiger partial charge in [-0.05, 0) is 49.4 Å². The molecule has 1 aromatic heterocycles. The normalized spacial score (nSPS) is 15.7. The van der Waals surface area contributed by atoms with Crippen LogP contribution in [0.5, 0.6) is 0 Å². The summed E-state index contributed by atoms with van der Waals surface area (Å²) in [5.74, 6) is -0.487. The molecule has 1 aliphatic rings. The number of sulfonamides is 1. The van der Waals surface area contributed by atoms with E-state index in [0.717, 1.165) is 0 Å². The molecule has 0 fully saturated rings. The average Bonchev–Trinajstić information content (AvgIpc) is 3.24. The third-order valence-electron chi connectivity index (χ3n) is 4.11. The van der Waals surface area contributed by atoms with Crippen molar-refractivity contribution in [3.63, 3.8) is 0 Å². The first-order chi connectivity index (χ1) is 13.7. The largest absolute Gasteiger partial charge is 0.465 e. The van der Waals surface area contributed by atoms with E-state index in [1.54, 1.807) is 19.1 Å². The molecule has 0 aliphatic carbocycles. The Bertz CT molecular complexity index is 1130. The maximum Gasteiger partial charge on any atom is 0.340 e. The Morgan fingerprint density at radius 1 is 1.24 bits per heavy atom. The number of furan rings is 1. The minimum atomic E-state index is -3.74. The van der Waals surface area contributed by atoms with Gasteiger partial charge in [0.1, 0.15) is 11.5 Å². The molecule has 152 valence electrons. The number of hydrogen-bond donors (Lipinski definition) is 2. The minimum absolute atomic E-state index is 0.0711. The highest BCUT2D eigenvalue weighted by Gasteiger charge is 2.31. The van der Waals surface area contributed by atoms with Gasteiger partial charge in [-0.1, -0.05) is 11.6 Å². The van der Waals surface area contributed by atoms with Gasteiger partial charge in [-0.25, -0.2) is 17.9 Å². The molecule has 0 saturated heterocycles. The molecule has 3 rings (SSSR count). The lowest BCUT2D eigenvalue weighted by molar-refractivity contribution is -0.136. The van der Waals surface area contributed by atoms with E-state index in [4.69, 9.17) is 20.8 Å². The van der Waals surface area contributed by atoms with Gasteiger partial charge in [0.2, 0.25) is 10.0 Å². The van der Waals surface area contributed by atoms with Gasteiger partial charge in [0.05, 0.1) is 29.7 Å². The number of carbonyl (C=O) groups is 2. The number of esters is 1. The van der Waals surface area contributed by atoms with Crippen LogP contribution in [0.25, 0.3) is 6.08 Å². The fourth-order valence-electron chi connectivity index (χ4n) is 2.69. The molecule has 0 radical (unpaired) electrons. The summed E-state index contributed by atoms with van der Waals surface area (Å²) >= 11 is 5.77. The second kappa shape index (κ2) is 8.24. The van der Waals surface area contributed by atoms with Gasteiger partial charge in [-0.3, -0.25) is 4.79 Å². The topological polar surface area (TPSA) is 115 Å². The average molecular weight is 437 g/mol. The minimum Gasteiger partial charge on any atom is -0.465 e. The Morgan fingerprint density at radius 2 is 1.93 bits per heavy atom. The molecule has 1 amide bonds. The van der Waals surface area contributed by atoms with Crippen molar-refractivity contribution < 1.29 is 27.2 Å². The van der Waals surface area contributed by atoms with Gasteiger partial charge in [0.25, 0.3) is 5.91 Å². The number of carbonyl (C=O) groups excluding carboxylic acids is 2. The Balaban J connectivity index is 1.76. The lowest BCUT2D eigenvalue weighted by Crippen LogP contribution is -2.22. The van der Waals surface area contributed by atoms with Crippen molar-refractivity contribution in [1.29, 1.82) is 0 Å². The number of methoxy groups -OCH3 is 1. The number of amides is 1. The maximum atomic E-state index is 12.3. The molecule has 0 saturated carbocycles. The zero-order chi connectivity index (χ0) is 21.2. The van der Waals surface area contributed by atoms with E-state index in [2.05, 4.69) is 10.0 Å². The van der Waals surface area contributed by atoms with Crippen LogP contribution in [0.4, 0.5) is 0 Å². The number of halogens is 1. The third-order valence-corrected chi connectivity index (χ3v) is 5.78. The fraction of sp³-hybridized carbons (Fsp3) is 0.158. The van der Waals surface area contributed by atoms with Crippen molar-refractivity contribution in [1.82, 2.24) is 10.0 Å². The van der Waals surface area contributed by atoms with Crippen LogP contribution in [-0.4, -0.2) is 27.4 Å². The van der Waals surface area contributed by atoms with Gasteiger partial charge in [0.15, 0.2) is 0 Å². The summed E-state index contributed by atoms with van der Waals surface area (Å²) in [4.78, 5) is 24.1. The number of hydrogen-bond acceptors (Lipinski definition) is 6. The summed E-state index contributed by atoms with van der Waals surface area (Å²) in [6, 6.07) is 8.88. The number of allylic oxidation sites excluding steroid dienone is 1. The van der Waals surface area contributed by atoms with Crippen molar-refractivity contribution in [3.8, 4) is 0 Å². The second-order valence-corrected chi connectivity index (χ2v) is 8.29. The maximum absolute atomic E-state index is 12.3. The molecule has 0 bridgehead atoms. The lowest BCUT2D eigenvalue weighted by atomic mass is 10.1. The number of nitrogens with one attached hydrogen (secondary N) is 2. The monoisotopic (exact) mass is 436 g/mol. The van der Waals surface area contributed by atoms with Crippen LogP contribution in [-0.2, 0) is 30.9 Å². The Labute approximate surface area is 172 Å². The molecule has 2 N–H and O–H groups in total. The Morgan fingerprint density at radius 3 is 2.59 bits per heavy atom. The molecule has 8 nitrogen and oxygen atoms in total. The molecular weight excluding hydrogens is 420 g/mol. The highest BCUT2D eigenvalue weighted by molar-refractivity contribution is 7.89. The van der Waals surface area contributed by atoms with Crippen molar-refractivity contribution >= 4 is 39.6 Å². The van der Waals surface area contributed by atoms with Crippen LogP contribution in [0.3, 0.4) is 0 Å². The van der Waals surface area contributed by atoms with E-state index >= 15 is 0 Å². The Hall–Kier alpha value is -2.88. The number of ether oxygens (including phenoxy) is 1.